The SMILES string of the molecule is Cc1cc(F)c(-c2ccc(CCC3(c4ncccc4F)CC(F)C3)nn2)cc1C(N)=O.NC(=O)c1cc(-c2ccc(CCC3(c4ncccc4F)CC(F)C3)nn2)c(F)cc1O. The van der Waals surface area contributed by atoms with Gasteiger partial charge in [0.15, 0.2) is 0 Å². The van der Waals surface area contributed by atoms with Gasteiger partial charge >= 0.3 is 0 Å². The van der Waals surface area contributed by atoms with Gasteiger partial charge in [-0.3, -0.25) is 19.6 Å². The number of rotatable bonds is 12. The van der Waals surface area contributed by atoms with Gasteiger partial charge in [0, 0.05) is 46.0 Å². The second kappa shape index (κ2) is 17.7. The number of aryl methyl sites for hydroxylation is 3. The Balaban J connectivity index is 0.000000186. The smallest absolute Gasteiger partial charge is 0.252 e. The van der Waals surface area contributed by atoms with Gasteiger partial charge in [0.2, 0.25) is 5.91 Å². The summed E-state index contributed by atoms with van der Waals surface area (Å²) in [4.78, 5) is 31.2. The molecule has 2 aliphatic rings. The highest BCUT2D eigenvalue weighted by atomic mass is 19.2. The number of hydrogen-bond donors (Lipinski definition) is 3. The molecular weight excluding hydrogens is 815 g/mol. The van der Waals surface area contributed by atoms with Crippen LogP contribution in [-0.4, -0.2) is 59.6 Å². The van der Waals surface area contributed by atoms with Crippen molar-refractivity contribution in [3.8, 4) is 28.3 Å². The van der Waals surface area contributed by atoms with Crippen LogP contribution in [0.1, 0.15) is 87.6 Å². The Kier molecular flexibility index (Phi) is 12.3. The molecule has 0 radical (unpaired) electrons. The number of nitrogens with two attached hydrogens (primary N) is 2. The number of aromatic nitrogens is 6. The summed E-state index contributed by atoms with van der Waals surface area (Å²) in [5.74, 6) is -4.31. The third-order valence-electron chi connectivity index (χ3n) is 11.6. The fraction of sp³-hybridized carbons (Fsp3) is 0.289. The Bertz CT molecular complexity index is 2440. The molecule has 4 aromatic heterocycles. The van der Waals surface area contributed by atoms with E-state index in [0.29, 0.717) is 42.6 Å². The Morgan fingerprint density at radius 3 is 1.45 bits per heavy atom. The summed E-state index contributed by atoms with van der Waals surface area (Å²) in [6, 6.07) is 16.6. The zero-order chi connectivity index (χ0) is 44.3. The monoisotopic (exact) mass is 854 g/mol. The zero-order valence-corrected chi connectivity index (χ0v) is 33.3. The van der Waals surface area contributed by atoms with Crippen LogP contribution in [0.15, 0.2) is 85.2 Å². The van der Waals surface area contributed by atoms with Gasteiger partial charge in [0.25, 0.3) is 5.91 Å². The molecule has 0 spiro atoms. The van der Waals surface area contributed by atoms with Crippen molar-refractivity contribution in [2.45, 2.75) is 81.5 Å². The van der Waals surface area contributed by atoms with Crippen molar-refractivity contribution >= 4 is 11.8 Å². The molecule has 0 bridgehead atoms. The minimum absolute atomic E-state index is 0.0306. The molecule has 0 saturated heterocycles. The van der Waals surface area contributed by atoms with Crippen molar-refractivity contribution in [2.75, 3.05) is 0 Å². The van der Waals surface area contributed by atoms with E-state index in [0.717, 1.165) is 12.1 Å². The van der Waals surface area contributed by atoms with Crippen molar-refractivity contribution in [1.82, 2.24) is 30.4 Å². The zero-order valence-electron chi connectivity index (χ0n) is 33.3. The molecule has 2 fully saturated rings. The number of amides is 2. The van der Waals surface area contributed by atoms with Crippen LogP contribution in [0, 0.1) is 30.2 Å². The first kappa shape index (κ1) is 43.3. The highest BCUT2D eigenvalue weighted by Gasteiger charge is 2.49. The molecule has 0 aliphatic heterocycles. The molecule has 17 heteroatoms. The summed E-state index contributed by atoms with van der Waals surface area (Å²) < 4.78 is 84.6. The van der Waals surface area contributed by atoms with Crippen LogP contribution >= 0.6 is 0 Å². The van der Waals surface area contributed by atoms with Crippen LogP contribution in [0.4, 0.5) is 26.3 Å². The number of alkyl halides is 2. The Morgan fingerprint density at radius 1 is 0.629 bits per heavy atom. The highest BCUT2D eigenvalue weighted by Crippen LogP contribution is 2.50. The fourth-order valence-electron chi connectivity index (χ4n) is 8.26. The van der Waals surface area contributed by atoms with Gasteiger partial charge in [0.05, 0.1) is 39.7 Å². The van der Waals surface area contributed by atoms with E-state index in [1.165, 1.54) is 54.9 Å². The second-order valence-electron chi connectivity index (χ2n) is 15.8. The number of carbonyl (C=O) groups excluding carboxylic acids is 2. The average Bonchev–Trinajstić information content (AvgIpc) is 3.21. The van der Waals surface area contributed by atoms with Gasteiger partial charge in [-0.1, -0.05) is 0 Å². The maximum absolute atomic E-state index is 14.4. The Labute approximate surface area is 351 Å². The first-order valence-electron chi connectivity index (χ1n) is 19.7. The molecule has 0 unspecified atom stereocenters. The van der Waals surface area contributed by atoms with Gasteiger partial charge in [0.1, 0.15) is 41.4 Å². The molecule has 62 heavy (non-hydrogen) atoms. The summed E-state index contributed by atoms with van der Waals surface area (Å²) in [5.41, 5.74) is 11.9. The predicted octanol–water partition coefficient (Wildman–Crippen LogP) is 7.85. The molecular formula is C45H40F6N8O3. The number of nitrogens with zero attached hydrogens (tertiary/aromatic N) is 6. The lowest BCUT2D eigenvalue weighted by Gasteiger charge is -2.44. The largest absolute Gasteiger partial charge is 0.507 e. The van der Waals surface area contributed by atoms with E-state index in [9.17, 15) is 41.0 Å². The Hall–Kier alpha value is -6.78. The lowest BCUT2D eigenvalue weighted by molar-refractivity contribution is 0.0791. The normalized spacial score (nSPS) is 20.3. The molecule has 2 aromatic carbocycles. The number of halogens is 6. The molecule has 2 saturated carbocycles. The first-order chi connectivity index (χ1) is 29.6. The topological polar surface area (TPSA) is 184 Å². The molecule has 6 aromatic rings. The van der Waals surface area contributed by atoms with E-state index >= 15 is 0 Å². The molecule has 11 nitrogen and oxygen atoms in total. The number of carbonyl (C=O) groups is 2. The summed E-state index contributed by atoms with van der Waals surface area (Å²) in [6.07, 6.45) is 3.62. The molecule has 5 N–H and O–H groups in total. The van der Waals surface area contributed by atoms with E-state index < -0.39 is 64.0 Å². The van der Waals surface area contributed by atoms with E-state index in [2.05, 4.69) is 30.4 Å². The summed E-state index contributed by atoms with van der Waals surface area (Å²) >= 11 is 0. The second-order valence-corrected chi connectivity index (χ2v) is 15.8. The lowest BCUT2D eigenvalue weighted by atomic mass is 9.62. The van der Waals surface area contributed by atoms with Gasteiger partial charge in [-0.2, -0.15) is 20.4 Å². The molecule has 4 heterocycles. The average molecular weight is 855 g/mol. The van der Waals surface area contributed by atoms with Crippen molar-refractivity contribution < 1.29 is 41.0 Å². The van der Waals surface area contributed by atoms with Gasteiger partial charge in [-0.05, 0) is 131 Å². The van der Waals surface area contributed by atoms with Crippen LogP contribution in [0.25, 0.3) is 22.5 Å². The van der Waals surface area contributed by atoms with E-state index in [-0.39, 0.29) is 70.7 Å². The predicted molar refractivity (Wildman–Crippen MR) is 215 cm³/mol. The van der Waals surface area contributed by atoms with Crippen LogP contribution < -0.4 is 11.5 Å². The number of benzene rings is 2. The number of primary amides is 2. The maximum atomic E-state index is 14.4. The van der Waals surface area contributed by atoms with Crippen molar-refractivity contribution in [3.05, 3.63) is 148 Å². The molecule has 2 amide bonds. The first-order valence-corrected chi connectivity index (χ1v) is 19.7. The van der Waals surface area contributed by atoms with Gasteiger partial charge in [-0.25, -0.2) is 26.3 Å². The molecule has 0 atom stereocenters. The van der Waals surface area contributed by atoms with E-state index in [1.807, 2.05) is 0 Å². The van der Waals surface area contributed by atoms with E-state index in [1.54, 1.807) is 25.1 Å². The van der Waals surface area contributed by atoms with Gasteiger partial charge in [-0.15, -0.1) is 0 Å². The van der Waals surface area contributed by atoms with Crippen LogP contribution in [0.3, 0.4) is 0 Å². The summed E-state index contributed by atoms with van der Waals surface area (Å²) in [6.45, 7) is 1.60. The summed E-state index contributed by atoms with van der Waals surface area (Å²) in [5, 5.41) is 26.0. The van der Waals surface area contributed by atoms with E-state index in [4.69, 9.17) is 11.5 Å². The Morgan fingerprint density at radius 2 is 1.06 bits per heavy atom. The third-order valence-corrected chi connectivity index (χ3v) is 11.6. The van der Waals surface area contributed by atoms with Crippen molar-refractivity contribution in [1.29, 1.82) is 0 Å². The summed E-state index contributed by atoms with van der Waals surface area (Å²) in [7, 11) is 0. The number of hydrogen-bond acceptors (Lipinski definition) is 9. The van der Waals surface area contributed by atoms with Gasteiger partial charge < -0.3 is 16.6 Å². The molecule has 320 valence electrons. The van der Waals surface area contributed by atoms with Crippen LogP contribution in [0.2, 0.25) is 0 Å². The van der Waals surface area contributed by atoms with Crippen molar-refractivity contribution in [2.24, 2.45) is 11.5 Å². The quantitative estimate of drug-likeness (QED) is 0.103. The molecule has 8 rings (SSSR count). The standard InChI is InChI=1S/C23H21F3N4O.C22H19F3N4O2/c1-13-9-19(26)17(10-16(13)22(27)31)20-5-4-15(29-30-20)6-7-23(11-14(24)12-23)21-18(25)3-2-8-28-21;23-12-10-22(11-12,20-16(24)2-1-7-27-20)6-5-13-3-4-18(29-28-13)14-8-15(21(26)31)19(30)9-17(14)25/h2-5,8-10,14H,6-7,11-12H2,1H3,(H2,27,31);1-4,7-9,12,30H,5-6,10-11H2,(H2,26,31). The number of aromatic hydroxyl groups is 1. The minimum atomic E-state index is -0.994. The van der Waals surface area contributed by atoms with Crippen molar-refractivity contribution in [3.63, 3.8) is 0 Å². The fourth-order valence-corrected chi connectivity index (χ4v) is 8.26. The molecule has 2 aliphatic carbocycles. The maximum Gasteiger partial charge on any atom is 0.252 e. The number of pyridine rings is 2. The van der Waals surface area contributed by atoms with Crippen LogP contribution in [-0.2, 0) is 23.7 Å². The minimum Gasteiger partial charge on any atom is -0.507 e. The van der Waals surface area contributed by atoms with Crippen LogP contribution in [0.5, 0.6) is 5.75 Å². The lowest BCUT2D eigenvalue weighted by Crippen LogP contribution is -2.44. The third kappa shape index (κ3) is 8.97. The highest BCUT2D eigenvalue weighted by molar-refractivity contribution is 5.97. The number of phenols is 1.